The molecule has 0 aliphatic rings. The van der Waals surface area contributed by atoms with Crippen LogP contribution in [0.2, 0.25) is 5.02 Å². The highest BCUT2D eigenvalue weighted by atomic mass is 35.5. The summed E-state index contributed by atoms with van der Waals surface area (Å²) in [6.45, 7) is -0.394. The topological polar surface area (TPSA) is 97.1 Å². The molecule has 0 aliphatic carbocycles. The SMILES string of the molecule is O=S(=O)(NC(CO)c1ccccc1)c1cn(C(c2ccccc2)c2ccc(Cl)cc2)nn1. The van der Waals surface area contributed by atoms with E-state index in [0.29, 0.717) is 10.6 Å². The summed E-state index contributed by atoms with van der Waals surface area (Å²) in [5, 5.41) is 18.1. The van der Waals surface area contributed by atoms with Gasteiger partial charge in [-0.15, -0.1) is 5.10 Å². The van der Waals surface area contributed by atoms with E-state index in [1.54, 1.807) is 36.4 Å². The highest BCUT2D eigenvalue weighted by Gasteiger charge is 2.26. The molecule has 2 unspecified atom stereocenters. The van der Waals surface area contributed by atoms with E-state index in [1.165, 1.54) is 10.9 Å². The van der Waals surface area contributed by atoms with Gasteiger partial charge in [-0.3, -0.25) is 0 Å². The largest absolute Gasteiger partial charge is 0.394 e. The molecule has 0 radical (unpaired) electrons. The maximum absolute atomic E-state index is 13.0. The standard InChI is InChI=1S/C23H21ClN4O3S/c24-20-13-11-19(12-14-20)23(18-9-5-2-6-10-18)28-15-22(25-27-28)32(30,31)26-21(16-29)17-7-3-1-4-8-17/h1-15,21,23,26,29H,16H2. The molecule has 4 aromatic rings. The Hall–Kier alpha value is -3.04. The Kier molecular flexibility index (Phi) is 6.66. The molecule has 0 amide bonds. The van der Waals surface area contributed by atoms with Gasteiger partial charge in [0, 0.05) is 5.02 Å². The molecule has 164 valence electrons. The van der Waals surface area contributed by atoms with Gasteiger partial charge in [-0.2, -0.15) is 4.72 Å². The van der Waals surface area contributed by atoms with E-state index in [-0.39, 0.29) is 5.03 Å². The first-order valence-corrected chi connectivity index (χ1v) is 11.7. The molecule has 2 atom stereocenters. The molecule has 4 rings (SSSR count). The Morgan fingerprint density at radius 2 is 1.44 bits per heavy atom. The fourth-order valence-electron chi connectivity index (χ4n) is 3.43. The summed E-state index contributed by atoms with van der Waals surface area (Å²) in [4.78, 5) is 0. The zero-order valence-electron chi connectivity index (χ0n) is 16.9. The van der Waals surface area contributed by atoms with Crippen LogP contribution in [0.4, 0.5) is 0 Å². The number of halogens is 1. The quantitative estimate of drug-likeness (QED) is 0.412. The molecule has 32 heavy (non-hydrogen) atoms. The van der Waals surface area contributed by atoms with Gasteiger partial charge >= 0.3 is 0 Å². The monoisotopic (exact) mass is 468 g/mol. The molecule has 0 saturated carbocycles. The average molecular weight is 469 g/mol. The molecule has 0 aliphatic heterocycles. The zero-order valence-corrected chi connectivity index (χ0v) is 18.5. The van der Waals surface area contributed by atoms with Crippen molar-refractivity contribution in [2.45, 2.75) is 17.1 Å². The minimum atomic E-state index is -4.03. The molecule has 0 saturated heterocycles. The molecule has 1 aromatic heterocycles. The van der Waals surface area contributed by atoms with Crippen molar-refractivity contribution in [2.24, 2.45) is 0 Å². The Bertz CT molecular complexity index is 1260. The van der Waals surface area contributed by atoms with Crippen LogP contribution in [0.15, 0.2) is 96.2 Å². The smallest absolute Gasteiger partial charge is 0.262 e. The van der Waals surface area contributed by atoms with Gasteiger partial charge in [-0.1, -0.05) is 89.6 Å². The molecule has 7 nitrogen and oxygen atoms in total. The third kappa shape index (κ3) is 4.89. The summed E-state index contributed by atoms with van der Waals surface area (Å²) in [6, 6.07) is 24.5. The lowest BCUT2D eigenvalue weighted by Crippen LogP contribution is -2.31. The maximum Gasteiger partial charge on any atom is 0.262 e. The summed E-state index contributed by atoms with van der Waals surface area (Å²) in [7, 11) is -4.03. The Balaban J connectivity index is 1.67. The third-order valence-electron chi connectivity index (χ3n) is 5.01. The lowest BCUT2D eigenvalue weighted by molar-refractivity contribution is 0.259. The van der Waals surface area contributed by atoms with Crippen molar-refractivity contribution >= 4 is 21.6 Å². The number of aliphatic hydroxyl groups is 1. The first kappa shape index (κ1) is 22.2. The van der Waals surface area contributed by atoms with Crippen LogP contribution in [0.5, 0.6) is 0 Å². The number of aliphatic hydroxyl groups excluding tert-OH is 1. The molecule has 3 aromatic carbocycles. The second kappa shape index (κ2) is 9.62. The number of nitrogens with zero attached hydrogens (tertiary/aromatic N) is 3. The first-order chi connectivity index (χ1) is 15.5. The van der Waals surface area contributed by atoms with Crippen LogP contribution in [-0.2, 0) is 10.0 Å². The van der Waals surface area contributed by atoms with Gasteiger partial charge in [0.2, 0.25) is 5.03 Å². The molecule has 1 heterocycles. The highest BCUT2D eigenvalue weighted by Crippen LogP contribution is 2.27. The number of hydrogen-bond acceptors (Lipinski definition) is 5. The van der Waals surface area contributed by atoms with E-state index in [2.05, 4.69) is 15.0 Å². The van der Waals surface area contributed by atoms with Gasteiger partial charge in [-0.25, -0.2) is 13.1 Å². The molecule has 0 bridgehead atoms. The number of nitrogens with one attached hydrogen (secondary N) is 1. The van der Waals surface area contributed by atoms with Crippen molar-refractivity contribution in [3.8, 4) is 0 Å². The van der Waals surface area contributed by atoms with E-state index >= 15 is 0 Å². The van der Waals surface area contributed by atoms with Gasteiger partial charge in [-0.05, 0) is 28.8 Å². The van der Waals surface area contributed by atoms with E-state index < -0.39 is 28.7 Å². The minimum absolute atomic E-state index is 0.234. The van der Waals surface area contributed by atoms with Gasteiger partial charge in [0.25, 0.3) is 10.0 Å². The highest BCUT2D eigenvalue weighted by molar-refractivity contribution is 7.89. The van der Waals surface area contributed by atoms with E-state index in [0.717, 1.165) is 11.1 Å². The molecular weight excluding hydrogens is 448 g/mol. The lowest BCUT2D eigenvalue weighted by atomic mass is 9.99. The third-order valence-corrected chi connectivity index (χ3v) is 6.60. The van der Waals surface area contributed by atoms with Gasteiger partial charge in [0.05, 0.1) is 18.8 Å². The normalized spacial score (nSPS) is 13.6. The maximum atomic E-state index is 13.0. The summed E-state index contributed by atoms with van der Waals surface area (Å²) < 4.78 is 30.0. The van der Waals surface area contributed by atoms with Crippen molar-refractivity contribution in [2.75, 3.05) is 6.61 Å². The van der Waals surface area contributed by atoms with E-state index in [4.69, 9.17) is 11.6 Å². The average Bonchev–Trinajstić information content (AvgIpc) is 3.31. The Morgan fingerprint density at radius 3 is 2.03 bits per heavy atom. The van der Waals surface area contributed by atoms with Gasteiger partial charge < -0.3 is 5.11 Å². The Morgan fingerprint density at radius 1 is 0.875 bits per heavy atom. The van der Waals surface area contributed by atoms with E-state index in [1.807, 2.05) is 48.5 Å². The predicted octanol–water partition coefficient (Wildman–Crippen LogP) is 3.58. The number of hydrogen-bond donors (Lipinski definition) is 2. The van der Waals surface area contributed by atoms with Crippen LogP contribution in [0.25, 0.3) is 0 Å². The Labute approximate surface area is 191 Å². The molecule has 9 heteroatoms. The summed E-state index contributed by atoms with van der Waals surface area (Å²) in [5.41, 5.74) is 2.43. The number of rotatable bonds is 8. The van der Waals surface area contributed by atoms with Crippen LogP contribution in [-0.4, -0.2) is 35.1 Å². The second-order valence-corrected chi connectivity index (χ2v) is 9.27. The van der Waals surface area contributed by atoms with E-state index in [9.17, 15) is 13.5 Å². The fourth-order valence-corrected chi connectivity index (χ4v) is 4.65. The van der Waals surface area contributed by atoms with Gasteiger partial charge in [0.15, 0.2) is 0 Å². The van der Waals surface area contributed by atoms with Crippen molar-refractivity contribution in [3.05, 3.63) is 113 Å². The summed E-state index contributed by atoms with van der Waals surface area (Å²) in [6.07, 6.45) is 1.38. The molecular formula is C23H21ClN4O3S. The number of benzene rings is 3. The number of aromatic nitrogens is 3. The molecule has 2 N–H and O–H groups in total. The lowest BCUT2D eigenvalue weighted by Gasteiger charge is -2.18. The predicted molar refractivity (Wildman–Crippen MR) is 122 cm³/mol. The fraction of sp³-hybridized carbons (Fsp3) is 0.130. The molecule has 0 spiro atoms. The van der Waals surface area contributed by atoms with Crippen molar-refractivity contribution in [3.63, 3.8) is 0 Å². The second-order valence-electron chi connectivity index (χ2n) is 7.17. The molecule has 0 fully saturated rings. The van der Waals surface area contributed by atoms with Crippen LogP contribution in [0, 0.1) is 0 Å². The first-order valence-electron chi connectivity index (χ1n) is 9.88. The van der Waals surface area contributed by atoms with Gasteiger partial charge in [0.1, 0.15) is 6.04 Å². The van der Waals surface area contributed by atoms with Crippen molar-refractivity contribution < 1.29 is 13.5 Å². The minimum Gasteiger partial charge on any atom is -0.394 e. The summed E-state index contributed by atoms with van der Waals surface area (Å²) >= 11 is 6.04. The van der Waals surface area contributed by atoms with Crippen LogP contribution < -0.4 is 4.72 Å². The summed E-state index contributed by atoms with van der Waals surface area (Å²) in [5.74, 6) is 0. The van der Waals surface area contributed by atoms with Crippen LogP contribution in [0.1, 0.15) is 28.8 Å². The number of sulfonamides is 1. The van der Waals surface area contributed by atoms with Crippen molar-refractivity contribution in [1.82, 2.24) is 19.7 Å². The zero-order chi connectivity index (χ0) is 22.6. The van der Waals surface area contributed by atoms with Crippen LogP contribution >= 0.6 is 11.6 Å². The van der Waals surface area contributed by atoms with Crippen molar-refractivity contribution in [1.29, 1.82) is 0 Å². The van der Waals surface area contributed by atoms with Crippen LogP contribution in [0.3, 0.4) is 0 Å².